The number of aromatic nitrogens is 3. The van der Waals surface area contributed by atoms with Gasteiger partial charge in [-0.25, -0.2) is 8.42 Å². The van der Waals surface area contributed by atoms with Gasteiger partial charge in [-0.3, -0.25) is 9.52 Å². The first kappa shape index (κ1) is 13.0. The van der Waals surface area contributed by atoms with Gasteiger partial charge in [-0.1, -0.05) is 0 Å². The third-order valence-electron chi connectivity index (χ3n) is 2.09. The number of carbonyl (C=O) groups is 1. The van der Waals surface area contributed by atoms with Gasteiger partial charge >= 0.3 is 0 Å². The van der Waals surface area contributed by atoms with Crippen molar-refractivity contribution in [1.82, 2.24) is 15.4 Å². The van der Waals surface area contributed by atoms with E-state index in [0.29, 0.717) is 11.4 Å². The smallest absolute Gasteiger partial charge is 0.277 e. The van der Waals surface area contributed by atoms with E-state index in [4.69, 9.17) is 0 Å². The number of H-pyrrole nitrogens is 1. The molecule has 8 nitrogen and oxygen atoms in total. The number of hydrogen-bond acceptors (Lipinski definition) is 5. The van der Waals surface area contributed by atoms with Gasteiger partial charge in [0.05, 0.1) is 12.5 Å². The largest absolute Gasteiger partial charge is 0.321 e. The summed E-state index contributed by atoms with van der Waals surface area (Å²) in [7, 11) is -3.31. The van der Waals surface area contributed by atoms with Crippen LogP contribution in [-0.2, 0) is 10.0 Å². The Morgan fingerprint density at radius 2 is 1.84 bits per heavy atom. The lowest BCUT2D eigenvalue weighted by Crippen LogP contribution is -2.13. The highest BCUT2D eigenvalue weighted by Gasteiger charge is 2.08. The zero-order valence-corrected chi connectivity index (χ0v) is 10.7. The number of amides is 1. The first-order valence-electron chi connectivity index (χ1n) is 5.19. The minimum Gasteiger partial charge on any atom is -0.321 e. The summed E-state index contributed by atoms with van der Waals surface area (Å²) in [4.78, 5) is 11.6. The van der Waals surface area contributed by atoms with E-state index in [2.05, 4.69) is 25.4 Å². The highest BCUT2D eigenvalue weighted by atomic mass is 32.2. The van der Waals surface area contributed by atoms with Crippen LogP contribution in [0.15, 0.2) is 30.5 Å². The molecule has 2 rings (SSSR count). The lowest BCUT2D eigenvalue weighted by atomic mass is 10.3. The van der Waals surface area contributed by atoms with Crippen LogP contribution >= 0.6 is 0 Å². The maximum Gasteiger partial charge on any atom is 0.277 e. The Morgan fingerprint density at radius 3 is 2.37 bits per heavy atom. The molecule has 1 aromatic carbocycles. The quantitative estimate of drug-likeness (QED) is 0.751. The Bertz CT molecular complexity index is 664. The number of nitrogens with one attached hydrogen (secondary N) is 3. The third kappa shape index (κ3) is 3.78. The first-order valence-corrected chi connectivity index (χ1v) is 7.08. The van der Waals surface area contributed by atoms with Gasteiger partial charge in [0.2, 0.25) is 10.0 Å². The summed E-state index contributed by atoms with van der Waals surface area (Å²) in [6.45, 7) is 0. The molecule has 0 aliphatic carbocycles. The van der Waals surface area contributed by atoms with Gasteiger partial charge in [-0.2, -0.15) is 15.4 Å². The van der Waals surface area contributed by atoms with Crippen LogP contribution in [0, 0.1) is 0 Å². The van der Waals surface area contributed by atoms with Crippen LogP contribution in [-0.4, -0.2) is 36.0 Å². The molecule has 2 aromatic rings. The van der Waals surface area contributed by atoms with Gasteiger partial charge in [-0.15, -0.1) is 0 Å². The minimum atomic E-state index is -3.31. The summed E-state index contributed by atoms with van der Waals surface area (Å²) in [5.74, 6) is -0.405. The molecule has 0 aliphatic rings. The predicted molar refractivity (Wildman–Crippen MR) is 69.2 cm³/mol. The van der Waals surface area contributed by atoms with Crippen molar-refractivity contribution in [1.29, 1.82) is 0 Å². The Kier molecular flexibility index (Phi) is 3.47. The Hall–Kier alpha value is -2.42. The van der Waals surface area contributed by atoms with Gasteiger partial charge in [0.25, 0.3) is 5.91 Å². The molecule has 0 fully saturated rings. The third-order valence-corrected chi connectivity index (χ3v) is 2.70. The van der Waals surface area contributed by atoms with E-state index in [-0.39, 0.29) is 5.69 Å². The Morgan fingerprint density at radius 1 is 1.21 bits per heavy atom. The van der Waals surface area contributed by atoms with Crippen molar-refractivity contribution in [2.45, 2.75) is 0 Å². The lowest BCUT2D eigenvalue weighted by Gasteiger charge is -2.06. The molecule has 100 valence electrons. The highest BCUT2D eigenvalue weighted by molar-refractivity contribution is 7.92. The van der Waals surface area contributed by atoms with Gasteiger partial charge in [0.1, 0.15) is 0 Å². The molecule has 1 amide bonds. The van der Waals surface area contributed by atoms with E-state index in [0.717, 1.165) is 6.26 Å². The molecule has 0 bridgehead atoms. The second-order valence-electron chi connectivity index (χ2n) is 3.76. The SMILES string of the molecule is CS(=O)(=O)Nc1ccc(NC(=O)c2cn[nH]n2)cc1. The molecule has 9 heteroatoms. The van der Waals surface area contributed by atoms with Gasteiger partial charge in [0.15, 0.2) is 5.69 Å². The standard InChI is InChI=1S/C10H11N5O3S/c1-19(17,18)14-8-4-2-7(3-5-8)12-10(16)9-6-11-15-13-9/h2-6,14H,1H3,(H,12,16)(H,11,13,15). The maximum absolute atomic E-state index is 11.6. The number of benzene rings is 1. The fraction of sp³-hybridized carbons (Fsp3) is 0.100. The monoisotopic (exact) mass is 281 g/mol. The summed E-state index contributed by atoms with van der Waals surface area (Å²) in [6.07, 6.45) is 2.36. The molecule has 0 spiro atoms. The van der Waals surface area contributed by atoms with Crippen LogP contribution in [0.25, 0.3) is 0 Å². The number of aromatic amines is 1. The van der Waals surface area contributed by atoms with E-state index >= 15 is 0 Å². The first-order chi connectivity index (χ1) is 8.94. The van der Waals surface area contributed by atoms with Gasteiger partial charge in [0, 0.05) is 11.4 Å². The number of sulfonamides is 1. The van der Waals surface area contributed by atoms with Crippen molar-refractivity contribution in [3.63, 3.8) is 0 Å². The zero-order chi connectivity index (χ0) is 13.9. The van der Waals surface area contributed by atoms with E-state index in [9.17, 15) is 13.2 Å². The normalized spacial score (nSPS) is 11.0. The van der Waals surface area contributed by atoms with Crippen LogP contribution in [0.3, 0.4) is 0 Å². The molecule has 1 aromatic heterocycles. The molecule has 19 heavy (non-hydrogen) atoms. The fourth-order valence-electron chi connectivity index (χ4n) is 1.34. The molecule has 0 saturated carbocycles. The molecular weight excluding hydrogens is 270 g/mol. The van der Waals surface area contributed by atoms with Gasteiger partial charge < -0.3 is 5.32 Å². The van der Waals surface area contributed by atoms with Crippen LogP contribution in [0.5, 0.6) is 0 Å². The van der Waals surface area contributed by atoms with Crippen LogP contribution in [0.2, 0.25) is 0 Å². The average molecular weight is 281 g/mol. The topological polar surface area (TPSA) is 117 Å². The summed E-state index contributed by atoms with van der Waals surface area (Å²) in [5, 5.41) is 12.1. The molecule has 1 heterocycles. The molecular formula is C10H11N5O3S. The number of hydrogen-bond donors (Lipinski definition) is 3. The minimum absolute atomic E-state index is 0.165. The molecule has 0 radical (unpaired) electrons. The maximum atomic E-state index is 11.6. The van der Waals surface area contributed by atoms with Crippen molar-refractivity contribution in [3.8, 4) is 0 Å². The summed E-state index contributed by atoms with van der Waals surface area (Å²) >= 11 is 0. The summed E-state index contributed by atoms with van der Waals surface area (Å²) < 4.78 is 24.4. The van der Waals surface area contributed by atoms with E-state index in [1.54, 1.807) is 24.3 Å². The number of carbonyl (C=O) groups excluding carboxylic acids is 1. The number of rotatable bonds is 4. The second-order valence-corrected chi connectivity index (χ2v) is 5.51. The van der Waals surface area contributed by atoms with Crippen molar-refractivity contribution >= 4 is 27.3 Å². The lowest BCUT2D eigenvalue weighted by molar-refractivity contribution is 0.102. The predicted octanol–water partition coefficient (Wildman–Crippen LogP) is 0.428. The molecule has 0 aliphatic heterocycles. The molecule has 0 unspecified atom stereocenters. The Balaban J connectivity index is 2.05. The van der Waals surface area contributed by atoms with Gasteiger partial charge in [-0.05, 0) is 24.3 Å². The van der Waals surface area contributed by atoms with Crippen molar-refractivity contribution in [3.05, 3.63) is 36.2 Å². The zero-order valence-electron chi connectivity index (χ0n) is 9.91. The highest BCUT2D eigenvalue weighted by Crippen LogP contribution is 2.14. The summed E-state index contributed by atoms with van der Waals surface area (Å²) in [5.41, 5.74) is 1.10. The fourth-order valence-corrected chi connectivity index (χ4v) is 1.91. The van der Waals surface area contributed by atoms with Crippen LogP contribution in [0.1, 0.15) is 10.5 Å². The van der Waals surface area contributed by atoms with Crippen LogP contribution < -0.4 is 10.0 Å². The summed E-state index contributed by atoms with van der Waals surface area (Å²) in [6, 6.07) is 6.23. The van der Waals surface area contributed by atoms with E-state index in [1.807, 2.05) is 0 Å². The second kappa shape index (κ2) is 5.06. The average Bonchev–Trinajstić information content (AvgIpc) is 2.83. The number of anilines is 2. The van der Waals surface area contributed by atoms with Crippen LogP contribution in [0.4, 0.5) is 11.4 Å². The van der Waals surface area contributed by atoms with Crippen molar-refractivity contribution in [2.75, 3.05) is 16.3 Å². The Labute approximate surface area is 109 Å². The molecule has 0 saturated heterocycles. The number of nitrogens with zero attached hydrogens (tertiary/aromatic N) is 2. The molecule has 3 N–H and O–H groups in total. The van der Waals surface area contributed by atoms with Crippen molar-refractivity contribution in [2.24, 2.45) is 0 Å². The van der Waals surface area contributed by atoms with Crippen molar-refractivity contribution < 1.29 is 13.2 Å². The molecule has 0 atom stereocenters. The van der Waals surface area contributed by atoms with E-state index < -0.39 is 15.9 Å². The van der Waals surface area contributed by atoms with E-state index in [1.165, 1.54) is 6.20 Å².